The number of nitrogens with zero attached hydrogens (tertiary/aromatic N) is 1. The van der Waals surface area contributed by atoms with Crippen LogP contribution in [-0.2, 0) is 9.53 Å². The topological polar surface area (TPSA) is 43.3 Å². The van der Waals surface area contributed by atoms with Crippen LogP contribution in [0.3, 0.4) is 0 Å². The van der Waals surface area contributed by atoms with E-state index in [0.29, 0.717) is 5.92 Å². The minimum Gasteiger partial charge on any atom is -0.357 e. The molecule has 3 unspecified atom stereocenters. The molecule has 25 heavy (non-hydrogen) atoms. The molecule has 0 saturated heterocycles. The van der Waals surface area contributed by atoms with Crippen molar-refractivity contribution < 1.29 is 9.53 Å². The molecule has 5 heteroatoms. The highest BCUT2D eigenvalue weighted by Crippen LogP contribution is 2.36. The molecular formula is C20H33ClN2O2. The van der Waals surface area contributed by atoms with E-state index in [0.717, 1.165) is 29.9 Å². The van der Waals surface area contributed by atoms with E-state index in [9.17, 15) is 4.79 Å². The maximum Gasteiger partial charge on any atom is 0.248 e. The van der Waals surface area contributed by atoms with Crippen molar-refractivity contribution >= 4 is 22.5 Å². The lowest BCUT2D eigenvalue weighted by atomic mass is 9.99. The largest absolute Gasteiger partial charge is 0.357 e. The van der Waals surface area contributed by atoms with Gasteiger partial charge in [0.2, 0.25) is 5.91 Å². The summed E-state index contributed by atoms with van der Waals surface area (Å²) in [6.07, 6.45) is 4.03. The summed E-state index contributed by atoms with van der Waals surface area (Å²) in [5, 5.41) is 3.46. The van der Waals surface area contributed by atoms with E-state index in [4.69, 9.17) is 16.3 Å². The molecule has 0 fully saturated rings. The highest BCUT2D eigenvalue weighted by molar-refractivity contribution is 6.49. The number of nitrogens with one attached hydrogen (secondary N) is 1. The second-order valence-corrected chi connectivity index (χ2v) is 6.91. The van der Waals surface area contributed by atoms with Crippen molar-refractivity contribution in [2.45, 2.75) is 79.1 Å². The normalized spacial score (nSPS) is 16.2. The Labute approximate surface area is 157 Å². The molecule has 0 aromatic carbocycles. The average molecular weight is 369 g/mol. The third-order valence-corrected chi connectivity index (χ3v) is 5.34. The van der Waals surface area contributed by atoms with Crippen LogP contribution in [0.5, 0.6) is 0 Å². The summed E-state index contributed by atoms with van der Waals surface area (Å²) in [6.45, 7) is 12.4. The number of hydrogen-bond donors (Lipinski definition) is 1. The van der Waals surface area contributed by atoms with Crippen LogP contribution in [0.4, 0.5) is 0 Å². The van der Waals surface area contributed by atoms with E-state index in [-0.39, 0.29) is 12.1 Å². The highest BCUT2D eigenvalue weighted by atomic mass is 35.5. The third kappa shape index (κ3) is 5.11. The number of aromatic nitrogens is 1. The van der Waals surface area contributed by atoms with Gasteiger partial charge >= 0.3 is 0 Å². The lowest BCUT2D eigenvalue weighted by Gasteiger charge is -2.26. The number of hydrogen-bond acceptors (Lipinski definition) is 2. The van der Waals surface area contributed by atoms with E-state index >= 15 is 0 Å². The second kappa shape index (κ2) is 10.0. The first-order valence-corrected chi connectivity index (χ1v) is 9.63. The standard InChI is InChI=1S/C20H33ClN2O2/c1-8-13(4)18(21)16-11-12-23(19(16)14(5)9-2)17(10-3)25-15(6)20(24)22-7/h11-12,14-15,17H,8-10H2,1-7H3,(H,22,24)/b18-13-. The van der Waals surface area contributed by atoms with Gasteiger partial charge in [-0.1, -0.05) is 44.9 Å². The Bertz CT molecular complexity index is 607. The number of halogens is 1. The molecule has 142 valence electrons. The van der Waals surface area contributed by atoms with Crippen molar-refractivity contribution in [2.24, 2.45) is 0 Å². The molecule has 0 radical (unpaired) electrons. The zero-order valence-electron chi connectivity index (χ0n) is 16.6. The lowest BCUT2D eigenvalue weighted by molar-refractivity contribution is -0.139. The predicted molar refractivity (Wildman–Crippen MR) is 106 cm³/mol. The zero-order chi connectivity index (χ0) is 19.1. The number of carbonyl (C=O) groups is 1. The summed E-state index contributed by atoms with van der Waals surface area (Å²) in [5.41, 5.74) is 3.43. The first-order chi connectivity index (χ1) is 11.8. The van der Waals surface area contributed by atoms with Gasteiger partial charge < -0.3 is 14.6 Å². The zero-order valence-corrected chi connectivity index (χ0v) is 17.4. The van der Waals surface area contributed by atoms with Gasteiger partial charge in [-0.15, -0.1) is 0 Å². The fourth-order valence-corrected chi connectivity index (χ4v) is 3.15. The number of allylic oxidation sites excluding steroid dienone is 1. The molecule has 1 aromatic rings. The number of likely N-dealkylation sites (N-methyl/N-ethyl adjacent to an activating group) is 1. The fourth-order valence-electron chi connectivity index (χ4n) is 2.85. The van der Waals surface area contributed by atoms with Crippen LogP contribution < -0.4 is 5.32 Å². The first-order valence-electron chi connectivity index (χ1n) is 9.25. The van der Waals surface area contributed by atoms with E-state index in [1.165, 1.54) is 11.3 Å². The minimum atomic E-state index is -0.506. The molecule has 1 heterocycles. The van der Waals surface area contributed by atoms with Crippen LogP contribution >= 0.6 is 11.6 Å². The van der Waals surface area contributed by atoms with Crippen LogP contribution in [0.25, 0.3) is 5.03 Å². The highest BCUT2D eigenvalue weighted by Gasteiger charge is 2.24. The Morgan fingerprint density at radius 1 is 1.28 bits per heavy atom. The van der Waals surface area contributed by atoms with Gasteiger partial charge in [0, 0.05) is 29.5 Å². The van der Waals surface area contributed by atoms with Crippen LogP contribution in [0.15, 0.2) is 17.8 Å². The van der Waals surface area contributed by atoms with Crippen molar-refractivity contribution in [1.29, 1.82) is 0 Å². The molecule has 1 N–H and O–H groups in total. The Morgan fingerprint density at radius 2 is 1.92 bits per heavy atom. The molecule has 1 amide bonds. The molecule has 0 aliphatic carbocycles. The van der Waals surface area contributed by atoms with Crippen LogP contribution in [0.1, 0.15) is 84.2 Å². The smallest absolute Gasteiger partial charge is 0.248 e. The molecular weight excluding hydrogens is 336 g/mol. The number of amides is 1. The quantitative estimate of drug-likeness (QED) is 0.630. The second-order valence-electron chi connectivity index (χ2n) is 6.53. The first kappa shape index (κ1) is 21.8. The summed E-state index contributed by atoms with van der Waals surface area (Å²) in [7, 11) is 1.62. The number of carbonyl (C=O) groups excluding carboxylic acids is 1. The van der Waals surface area contributed by atoms with E-state index in [1.54, 1.807) is 14.0 Å². The summed E-state index contributed by atoms with van der Waals surface area (Å²) in [4.78, 5) is 11.8. The molecule has 0 saturated carbocycles. The third-order valence-electron chi connectivity index (χ3n) is 4.81. The molecule has 4 nitrogen and oxygen atoms in total. The fraction of sp³-hybridized carbons (Fsp3) is 0.650. The molecule has 0 spiro atoms. The summed E-state index contributed by atoms with van der Waals surface area (Å²) < 4.78 is 8.19. The maximum atomic E-state index is 11.8. The van der Waals surface area contributed by atoms with Crippen molar-refractivity contribution in [3.05, 3.63) is 29.1 Å². The predicted octanol–water partition coefficient (Wildman–Crippen LogP) is 5.44. The maximum absolute atomic E-state index is 11.8. The van der Waals surface area contributed by atoms with Gasteiger partial charge in [-0.3, -0.25) is 4.79 Å². The Hall–Kier alpha value is -1.26. The van der Waals surface area contributed by atoms with E-state index < -0.39 is 6.10 Å². The van der Waals surface area contributed by atoms with Crippen molar-refractivity contribution in [3.8, 4) is 0 Å². The summed E-state index contributed by atoms with van der Waals surface area (Å²) in [5.74, 6) is 0.229. The van der Waals surface area contributed by atoms with Crippen molar-refractivity contribution in [3.63, 3.8) is 0 Å². The summed E-state index contributed by atoms with van der Waals surface area (Å²) >= 11 is 6.66. The Balaban J connectivity index is 3.34. The molecule has 0 bridgehead atoms. The van der Waals surface area contributed by atoms with Gasteiger partial charge in [0.15, 0.2) is 0 Å². The van der Waals surface area contributed by atoms with Crippen LogP contribution in [0, 0.1) is 0 Å². The van der Waals surface area contributed by atoms with Crippen molar-refractivity contribution in [2.75, 3.05) is 7.05 Å². The number of rotatable bonds is 9. The minimum absolute atomic E-state index is 0.115. The van der Waals surface area contributed by atoms with Crippen molar-refractivity contribution in [1.82, 2.24) is 9.88 Å². The summed E-state index contributed by atoms with van der Waals surface area (Å²) in [6, 6.07) is 2.07. The van der Waals surface area contributed by atoms with Gasteiger partial charge in [0.25, 0.3) is 0 Å². The van der Waals surface area contributed by atoms with Crippen LogP contribution in [-0.4, -0.2) is 23.6 Å². The van der Waals surface area contributed by atoms with Crippen LogP contribution in [0.2, 0.25) is 0 Å². The van der Waals surface area contributed by atoms with Gasteiger partial charge in [-0.2, -0.15) is 0 Å². The van der Waals surface area contributed by atoms with E-state index in [2.05, 4.69) is 50.6 Å². The van der Waals surface area contributed by atoms with Gasteiger partial charge in [0.1, 0.15) is 12.3 Å². The molecule has 1 rings (SSSR count). The van der Waals surface area contributed by atoms with E-state index in [1.807, 2.05) is 6.20 Å². The molecule has 0 aliphatic rings. The number of ether oxygens (including phenoxy) is 1. The molecule has 1 aromatic heterocycles. The lowest BCUT2D eigenvalue weighted by Crippen LogP contribution is -2.34. The van der Waals surface area contributed by atoms with Gasteiger partial charge in [0.05, 0.1) is 0 Å². The Kier molecular flexibility index (Phi) is 8.74. The van der Waals surface area contributed by atoms with Gasteiger partial charge in [-0.25, -0.2) is 0 Å². The molecule has 3 atom stereocenters. The molecule has 0 aliphatic heterocycles. The average Bonchev–Trinajstić information content (AvgIpc) is 3.07. The SMILES string of the molecule is CC/C(C)=C(\Cl)c1ccn(C(CC)OC(C)C(=O)NC)c1C(C)CC. The monoisotopic (exact) mass is 368 g/mol. The Morgan fingerprint density at radius 3 is 2.40 bits per heavy atom. The van der Waals surface area contributed by atoms with Gasteiger partial charge in [-0.05, 0) is 45.1 Å².